The number of hydrogen-bond acceptors (Lipinski definition) is 6. The van der Waals surface area contributed by atoms with Crippen molar-refractivity contribution in [2.75, 3.05) is 26.9 Å². The Morgan fingerprint density at radius 1 is 1.00 bits per heavy atom. The first-order valence-corrected chi connectivity index (χ1v) is 11.4. The summed E-state index contributed by atoms with van der Waals surface area (Å²) in [7, 11) is 1.57. The van der Waals surface area contributed by atoms with Gasteiger partial charge in [0.05, 0.1) is 25.2 Å². The summed E-state index contributed by atoms with van der Waals surface area (Å²) in [5.41, 5.74) is 2.87. The van der Waals surface area contributed by atoms with Crippen LogP contribution in [0, 0.1) is 19.8 Å². The molecule has 2 aromatic rings. The third-order valence-electron chi connectivity index (χ3n) is 4.85. The molecule has 0 N–H and O–H groups in total. The standard InChI is InChI=1S/C25H29NO5S/c1-16(2)15-31-20-9-8-19(13-22(20)29-5)14-23-24(27)26(25(28)32-23)10-11-30-21-12-17(3)6-7-18(21)4/h6-9,12-14,16H,10-11,15H2,1-5H3/b23-14-. The van der Waals surface area contributed by atoms with E-state index in [1.807, 2.05) is 44.2 Å². The van der Waals surface area contributed by atoms with Crippen LogP contribution in [0.5, 0.6) is 17.2 Å². The van der Waals surface area contributed by atoms with Crippen molar-refractivity contribution in [2.24, 2.45) is 5.92 Å². The van der Waals surface area contributed by atoms with E-state index in [4.69, 9.17) is 14.2 Å². The number of rotatable bonds is 9. The maximum Gasteiger partial charge on any atom is 0.293 e. The first-order chi connectivity index (χ1) is 15.3. The molecule has 0 bridgehead atoms. The molecule has 3 rings (SSSR count). The number of nitrogens with zero attached hydrogens (tertiary/aromatic N) is 1. The van der Waals surface area contributed by atoms with Gasteiger partial charge in [-0.3, -0.25) is 14.5 Å². The Morgan fingerprint density at radius 3 is 2.50 bits per heavy atom. The molecule has 170 valence electrons. The zero-order valence-corrected chi connectivity index (χ0v) is 20.0. The van der Waals surface area contributed by atoms with Crippen LogP contribution in [0.4, 0.5) is 4.79 Å². The lowest BCUT2D eigenvalue weighted by Crippen LogP contribution is -2.32. The number of amides is 2. The van der Waals surface area contributed by atoms with Gasteiger partial charge in [0.1, 0.15) is 12.4 Å². The Hall–Kier alpha value is -2.93. The second-order valence-electron chi connectivity index (χ2n) is 8.07. The van der Waals surface area contributed by atoms with Crippen molar-refractivity contribution in [3.63, 3.8) is 0 Å². The average Bonchev–Trinajstić information content (AvgIpc) is 3.02. The number of benzene rings is 2. The summed E-state index contributed by atoms with van der Waals surface area (Å²) in [4.78, 5) is 26.8. The summed E-state index contributed by atoms with van der Waals surface area (Å²) in [6.45, 7) is 9.12. The molecule has 0 spiro atoms. The summed E-state index contributed by atoms with van der Waals surface area (Å²) >= 11 is 0.931. The minimum atomic E-state index is -0.316. The summed E-state index contributed by atoms with van der Waals surface area (Å²) in [5, 5.41) is -0.297. The van der Waals surface area contributed by atoms with Crippen molar-refractivity contribution in [2.45, 2.75) is 27.7 Å². The summed E-state index contributed by atoms with van der Waals surface area (Å²) in [6, 6.07) is 11.4. The maximum atomic E-state index is 12.8. The molecule has 0 aliphatic carbocycles. The van der Waals surface area contributed by atoms with Crippen LogP contribution < -0.4 is 14.2 Å². The molecule has 0 aromatic heterocycles. The molecular weight excluding hydrogens is 426 g/mol. The molecule has 6 nitrogen and oxygen atoms in total. The molecule has 32 heavy (non-hydrogen) atoms. The van der Waals surface area contributed by atoms with Gasteiger partial charge in [-0.2, -0.15) is 0 Å². The molecular formula is C25H29NO5S. The molecule has 1 heterocycles. The Bertz CT molecular complexity index is 1030. The summed E-state index contributed by atoms with van der Waals surface area (Å²) in [5.74, 6) is 2.07. The molecule has 1 aliphatic heterocycles. The number of aryl methyl sites for hydroxylation is 2. The Balaban J connectivity index is 1.66. The fraction of sp³-hybridized carbons (Fsp3) is 0.360. The maximum absolute atomic E-state index is 12.8. The van der Waals surface area contributed by atoms with Crippen LogP contribution in [0.25, 0.3) is 6.08 Å². The van der Waals surface area contributed by atoms with E-state index in [-0.39, 0.29) is 24.3 Å². The zero-order valence-electron chi connectivity index (χ0n) is 19.1. The number of imide groups is 1. The van der Waals surface area contributed by atoms with Gasteiger partial charge in [0.25, 0.3) is 11.1 Å². The predicted octanol–water partition coefficient (Wildman–Crippen LogP) is 5.46. The molecule has 0 atom stereocenters. The largest absolute Gasteiger partial charge is 0.493 e. The minimum Gasteiger partial charge on any atom is -0.493 e. The van der Waals surface area contributed by atoms with Crippen molar-refractivity contribution < 1.29 is 23.8 Å². The monoisotopic (exact) mass is 455 g/mol. The number of carbonyl (C=O) groups excluding carboxylic acids is 2. The Labute approximate surface area is 193 Å². The van der Waals surface area contributed by atoms with Crippen LogP contribution in [0.1, 0.15) is 30.5 Å². The van der Waals surface area contributed by atoms with Gasteiger partial charge in [-0.1, -0.05) is 32.0 Å². The molecule has 0 unspecified atom stereocenters. The zero-order chi connectivity index (χ0) is 23.3. The topological polar surface area (TPSA) is 65.1 Å². The number of hydrogen-bond donors (Lipinski definition) is 0. The molecule has 1 fully saturated rings. The van der Waals surface area contributed by atoms with Crippen LogP contribution >= 0.6 is 11.8 Å². The fourth-order valence-electron chi connectivity index (χ4n) is 3.10. The second kappa shape index (κ2) is 10.6. The van der Waals surface area contributed by atoms with E-state index in [0.717, 1.165) is 34.2 Å². The van der Waals surface area contributed by atoms with Gasteiger partial charge >= 0.3 is 0 Å². The van der Waals surface area contributed by atoms with Gasteiger partial charge in [-0.05, 0) is 72.5 Å². The minimum absolute atomic E-state index is 0.195. The van der Waals surface area contributed by atoms with E-state index in [9.17, 15) is 9.59 Å². The summed E-state index contributed by atoms with van der Waals surface area (Å²) in [6.07, 6.45) is 1.70. The van der Waals surface area contributed by atoms with Gasteiger partial charge in [-0.25, -0.2) is 0 Å². The van der Waals surface area contributed by atoms with Crippen LogP contribution in [0.2, 0.25) is 0 Å². The lowest BCUT2D eigenvalue weighted by molar-refractivity contribution is -0.123. The number of ether oxygens (including phenoxy) is 3. The number of carbonyl (C=O) groups is 2. The second-order valence-corrected chi connectivity index (χ2v) is 9.06. The molecule has 7 heteroatoms. The van der Waals surface area contributed by atoms with E-state index < -0.39 is 0 Å². The van der Waals surface area contributed by atoms with Crippen LogP contribution in [0.3, 0.4) is 0 Å². The van der Waals surface area contributed by atoms with Crippen LogP contribution in [0.15, 0.2) is 41.3 Å². The number of thioether (sulfide) groups is 1. The third kappa shape index (κ3) is 5.85. The molecule has 2 amide bonds. The Morgan fingerprint density at radius 2 is 1.78 bits per heavy atom. The Kier molecular flexibility index (Phi) is 7.85. The van der Waals surface area contributed by atoms with Gasteiger partial charge in [0.2, 0.25) is 0 Å². The van der Waals surface area contributed by atoms with E-state index in [0.29, 0.717) is 28.9 Å². The van der Waals surface area contributed by atoms with Crippen molar-refractivity contribution in [3.05, 3.63) is 58.0 Å². The highest BCUT2D eigenvalue weighted by atomic mass is 32.2. The van der Waals surface area contributed by atoms with Crippen molar-refractivity contribution in [1.82, 2.24) is 4.90 Å². The van der Waals surface area contributed by atoms with E-state index in [2.05, 4.69) is 13.8 Å². The SMILES string of the molecule is COc1cc(/C=C2\SC(=O)N(CCOc3cc(C)ccc3C)C2=O)ccc1OCC(C)C. The van der Waals surface area contributed by atoms with Crippen molar-refractivity contribution in [1.29, 1.82) is 0 Å². The van der Waals surface area contributed by atoms with E-state index in [1.165, 1.54) is 4.90 Å². The van der Waals surface area contributed by atoms with Gasteiger partial charge in [0, 0.05) is 0 Å². The van der Waals surface area contributed by atoms with Gasteiger partial charge in [0.15, 0.2) is 11.5 Å². The molecule has 1 aliphatic rings. The van der Waals surface area contributed by atoms with Gasteiger partial charge < -0.3 is 14.2 Å². The lowest BCUT2D eigenvalue weighted by Gasteiger charge is -2.14. The van der Waals surface area contributed by atoms with Crippen molar-refractivity contribution >= 4 is 29.0 Å². The van der Waals surface area contributed by atoms with E-state index in [1.54, 1.807) is 19.3 Å². The summed E-state index contributed by atoms with van der Waals surface area (Å²) < 4.78 is 17.0. The normalized spacial score (nSPS) is 15.1. The predicted molar refractivity (Wildman–Crippen MR) is 127 cm³/mol. The average molecular weight is 456 g/mol. The first kappa shape index (κ1) is 23.7. The third-order valence-corrected chi connectivity index (χ3v) is 5.75. The smallest absolute Gasteiger partial charge is 0.293 e. The number of methoxy groups -OCH3 is 1. The molecule has 0 radical (unpaired) electrons. The highest BCUT2D eigenvalue weighted by Crippen LogP contribution is 2.34. The lowest BCUT2D eigenvalue weighted by atomic mass is 10.1. The van der Waals surface area contributed by atoms with Crippen LogP contribution in [-0.2, 0) is 4.79 Å². The molecule has 1 saturated heterocycles. The first-order valence-electron chi connectivity index (χ1n) is 10.5. The van der Waals surface area contributed by atoms with Crippen molar-refractivity contribution in [3.8, 4) is 17.2 Å². The molecule has 2 aromatic carbocycles. The van der Waals surface area contributed by atoms with Gasteiger partial charge in [-0.15, -0.1) is 0 Å². The van der Waals surface area contributed by atoms with E-state index >= 15 is 0 Å². The highest BCUT2D eigenvalue weighted by molar-refractivity contribution is 8.18. The fourth-order valence-corrected chi connectivity index (χ4v) is 3.97. The highest BCUT2D eigenvalue weighted by Gasteiger charge is 2.34. The quantitative estimate of drug-likeness (QED) is 0.468. The van der Waals surface area contributed by atoms with Crippen LogP contribution in [-0.4, -0.2) is 42.9 Å². The molecule has 0 saturated carbocycles.